The molecule has 0 atom stereocenters. The predicted octanol–water partition coefficient (Wildman–Crippen LogP) is 5.40. The minimum atomic E-state index is -2.74. The number of hydrogen-bond donors (Lipinski definition) is 1. The first-order valence-electron chi connectivity index (χ1n) is 12.7. The van der Waals surface area contributed by atoms with Crippen LogP contribution in [0.4, 0.5) is 5.82 Å². The maximum atomic E-state index is 12.9. The molecule has 198 valence electrons. The maximum absolute atomic E-state index is 12.9. The van der Waals surface area contributed by atoms with Crippen molar-refractivity contribution in [3.8, 4) is 5.69 Å². The average Bonchev–Trinajstić information content (AvgIpc) is 3.23. The van der Waals surface area contributed by atoms with Gasteiger partial charge in [0.05, 0.1) is 18.0 Å². The van der Waals surface area contributed by atoms with Gasteiger partial charge >= 0.3 is 5.97 Å². The van der Waals surface area contributed by atoms with E-state index in [1.807, 2.05) is 24.3 Å². The van der Waals surface area contributed by atoms with Crippen molar-refractivity contribution in [3.63, 3.8) is 0 Å². The molecule has 0 spiro atoms. The van der Waals surface area contributed by atoms with E-state index in [1.54, 1.807) is 19.1 Å². The van der Waals surface area contributed by atoms with Crippen LogP contribution < -0.4 is 16.1 Å². The summed E-state index contributed by atoms with van der Waals surface area (Å²) in [5.74, 6) is -0.287. The Bertz CT molecular complexity index is 1350. The largest absolute Gasteiger partial charge is 0.462 e. The zero-order valence-corrected chi connectivity index (χ0v) is 24.0. The number of halogens is 1. The molecule has 1 aromatic heterocycles. The molecule has 0 unspecified atom stereocenters. The Kier molecular flexibility index (Phi) is 8.40. The lowest BCUT2D eigenvalue weighted by Gasteiger charge is -2.43. The summed E-state index contributed by atoms with van der Waals surface area (Å²) in [6.45, 7) is 9.05. The molecule has 1 heterocycles. The van der Waals surface area contributed by atoms with Crippen LogP contribution in [0.1, 0.15) is 43.7 Å². The van der Waals surface area contributed by atoms with Crippen LogP contribution >= 0.6 is 11.6 Å². The third kappa shape index (κ3) is 5.41. The van der Waals surface area contributed by atoms with E-state index in [0.29, 0.717) is 29.4 Å². The molecule has 8 heteroatoms. The fraction of sp³-hybridized carbons (Fsp3) is 0.267. The van der Waals surface area contributed by atoms with Crippen LogP contribution in [0, 0.1) is 0 Å². The topological polar surface area (TPSA) is 79.4 Å². The zero-order chi connectivity index (χ0) is 27.3. The summed E-state index contributed by atoms with van der Waals surface area (Å²) in [5.41, 5.74) is 7.91. The molecular weight excluding hydrogens is 514 g/mol. The van der Waals surface area contributed by atoms with Gasteiger partial charge in [-0.05, 0) is 40.5 Å². The maximum Gasteiger partial charge on any atom is 0.343 e. The molecule has 0 aliphatic rings. The molecule has 0 aliphatic carbocycles. The second-order valence-corrected chi connectivity index (χ2v) is 14.8. The van der Waals surface area contributed by atoms with Gasteiger partial charge in [-0.15, -0.1) is 0 Å². The van der Waals surface area contributed by atoms with Gasteiger partial charge in [0.25, 0.3) is 8.32 Å². The lowest BCUT2D eigenvalue weighted by Crippen LogP contribution is -2.66. The van der Waals surface area contributed by atoms with E-state index in [4.69, 9.17) is 31.6 Å². The van der Waals surface area contributed by atoms with Gasteiger partial charge in [0.15, 0.2) is 0 Å². The standard InChI is InChI=1S/C30H34ClN3O3Si/c1-5-36-29(35)27-26(33-34(28(27)32)23-14-12-13-22(31)21-23)19-20-37-38(30(2,3)4,24-15-8-6-9-16-24)25-17-10-7-11-18-25/h6-18,21H,5,19-20,32H2,1-4H3. The van der Waals surface area contributed by atoms with E-state index in [9.17, 15) is 4.79 Å². The van der Waals surface area contributed by atoms with Crippen LogP contribution in [0.3, 0.4) is 0 Å². The second-order valence-electron chi connectivity index (χ2n) is 10.1. The van der Waals surface area contributed by atoms with Crippen LogP contribution in [-0.2, 0) is 15.6 Å². The van der Waals surface area contributed by atoms with E-state index in [1.165, 1.54) is 15.1 Å². The van der Waals surface area contributed by atoms with Crippen molar-refractivity contribution in [2.45, 2.75) is 39.2 Å². The third-order valence-corrected chi connectivity index (χ3v) is 11.9. The first-order chi connectivity index (χ1) is 18.2. The summed E-state index contributed by atoms with van der Waals surface area (Å²) < 4.78 is 13.9. The fourth-order valence-electron chi connectivity index (χ4n) is 4.95. The van der Waals surface area contributed by atoms with Crippen molar-refractivity contribution < 1.29 is 14.0 Å². The molecule has 0 saturated carbocycles. The highest BCUT2D eigenvalue weighted by atomic mass is 35.5. The number of carbonyl (C=O) groups is 1. The molecule has 0 saturated heterocycles. The predicted molar refractivity (Wildman–Crippen MR) is 156 cm³/mol. The summed E-state index contributed by atoms with van der Waals surface area (Å²) >= 11 is 6.21. The van der Waals surface area contributed by atoms with Gasteiger partial charge in [0.2, 0.25) is 0 Å². The Hall–Kier alpha value is -3.39. The number of benzene rings is 3. The van der Waals surface area contributed by atoms with Gasteiger partial charge in [-0.25, -0.2) is 9.48 Å². The second kappa shape index (κ2) is 11.6. The van der Waals surface area contributed by atoms with Crippen molar-refractivity contribution in [2.75, 3.05) is 18.9 Å². The highest BCUT2D eigenvalue weighted by Crippen LogP contribution is 2.37. The Balaban J connectivity index is 1.74. The SMILES string of the molecule is CCOC(=O)c1c(CCO[Si](c2ccccc2)(c2ccccc2)C(C)(C)C)nn(-c2cccc(Cl)c2)c1N. The third-order valence-electron chi connectivity index (χ3n) is 6.60. The average molecular weight is 548 g/mol. The fourth-order valence-corrected chi connectivity index (χ4v) is 9.69. The van der Waals surface area contributed by atoms with Gasteiger partial charge in [-0.3, -0.25) is 0 Å². The molecule has 0 amide bonds. The van der Waals surface area contributed by atoms with Crippen molar-refractivity contribution in [1.82, 2.24) is 9.78 Å². The molecule has 4 rings (SSSR count). The quantitative estimate of drug-likeness (QED) is 0.224. The minimum Gasteiger partial charge on any atom is -0.462 e. The number of esters is 1. The van der Waals surface area contributed by atoms with E-state index < -0.39 is 14.3 Å². The van der Waals surface area contributed by atoms with Crippen LogP contribution in [0.5, 0.6) is 0 Å². The van der Waals surface area contributed by atoms with Crippen molar-refractivity contribution in [3.05, 3.63) is 101 Å². The number of ether oxygens (including phenoxy) is 1. The molecular formula is C30H34ClN3O3Si. The number of anilines is 1. The Morgan fingerprint density at radius 3 is 2.11 bits per heavy atom. The van der Waals surface area contributed by atoms with Crippen molar-refractivity contribution in [2.24, 2.45) is 0 Å². The molecule has 0 fully saturated rings. The lowest BCUT2D eigenvalue weighted by molar-refractivity contribution is 0.0526. The van der Waals surface area contributed by atoms with Crippen molar-refractivity contribution in [1.29, 1.82) is 0 Å². The Morgan fingerprint density at radius 1 is 0.974 bits per heavy atom. The van der Waals surface area contributed by atoms with Gasteiger partial charge in [0.1, 0.15) is 11.4 Å². The smallest absolute Gasteiger partial charge is 0.343 e. The van der Waals surface area contributed by atoms with Crippen LogP contribution in [0.15, 0.2) is 84.9 Å². The summed E-state index contributed by atoms with van der Waals surface area (Å²) in [4.78, 5) is 12.9. The lowest BCUT2D eigenvalue weighted by atomic mass is 10.2. The van der Waals surface area contributed by atoms with Crippen LogP contribution in [0.2, 0.25) is 10.1 Å². The summed E-state index contributed by atoms with van der Waals surface area (Å²) in [5, 5.41) is 7.48. The zero-order valence-electron chi connectivity index (χ0n) is 22.3. The molecule has 0 bridgehead atoms. The number of hydrogen-bond acceptors (Lipinski definition) is 5. The minimum absolute atomic E-state index is 0.168. The summed E-state index contributed by atoms with van der Waals surface area (Å²) in [7, 11) is -2.74. The number of nitrogens with two attached hydrogens (primary N) is 1. The normalized spacial score (nSPS) is 11.9. The monoisotopic (exact) mass is 547 g/mol. The highest BCUT2D eigenvalue weighted by molar-refractivity contribution is 6.99. The number of rotatable bonds is 9. The molecule has 0 aliphatic heterocycles. The number of nitrogens with zero attached hydrogens (tertiary/aromatic N) is 2. The molecule has 38 heavy (non-hydrogen) atoms. The van der Waals surface area contributed by atoms with Gasteiger partial charge in [-0.2, -0.15) is 5.10 Å². The van der Waals surface area contributed by atoms with Gasteiger partial charge < -0.3 is 14.9 Å². The van der Waals surface area contributed by atoms with Crippen molar-refractivity contribution >= 4 is 42.1 Å². The summed E-state index contributed by atoms with van der Waals surface area (Å²) in [6, 6.07) is 28.1. The molecule has 4 aromatic rings. The summed E-state index contributed by atoms with van der Waals surface area (Å²) in [6.07, 6.45) is 0.385. The molecule has 2 N–H and O–H groups in total. The van der Waals surface area contributed by atoms with Crippen LogP contribution in [-0.4, -0.2) is 37.3 Å². The van der Waals surface area contributed by atoms with Gasteiger partial charge in [-0.1, -0.05) is 99.1 Å². The van der Waals surface area contributed by atoms with Crippen LogP contribution in [0.25, 0.3) is 5.69 Å². The van der Waals surface area contributed by atoms with E-state index in [0.717, 1.165) is 0 Å². The molecule has 3 aromatic carbocycles. The van der Waals surface area contributed by atoms with Gasteiger partial charge in [0, 0.05) is 18.1 Å². The Morgan fingerprint density at radius 2 is 1.58 bits per heavy atom. The van der Waals surface area contributed by atoms with E-state index in [-0.39, 0.29) is 23.0 Å². The van der Waals surface area contributed by atoms with E-state index in [2.05, 4.69) is 69.3 Å². The van der Waals surface area contributed by atoms with E-state index >= 15 is 0 Å². The first-order valence-corrected chi connectivity index (χ1v) is 15.0. The highest BCUT2D eigenvalue weighted by Gasteiger charge is 2.50. The number of aromatic nitrogens is 2. The number of nitrogen functional groups attached to an aromatic ring is 1. The molecule has 0 radical (unpaired) electrons. The first kappa shape index (κ1) is 27.6. The number of carbonyl (C=O) groups excluding carboxylic acids is 1. The Labute approximate surface area is 230 Å². The molecule has 6 nitrogen and oxygen atoms in total.